The van der Waals surface area contributed by atoms with Gasteiger partial charge in [-0.3, -0.25) is 9.69 Å². The van der Waals surface area contributed by atoms with E-state index in [0.29, 0.717) is 24.8 Å². The molecule has 0 aromatic carbocycles. The molecule has 1 N–H and O–H groups in total. The summed E-state index contributed by atoms with van der Waals surface area (Å²) in [7, 11) is 0. The van der Waals surface area contributed by atoms with E-state index in [1.54, 1.807) is 0 Å². The molecule has 0 atom stereocenters. The van der Waals surface area contributed by atoms with E-state index in [4.69, 9.17) is 9.47 Å². The van der Waals surface area contributed by atoms with Gasteiger partial charge in [0.2, 0.25) is 0 Å². The first-order valence-corrected chi connectivity index (χ1v) is 7.68. The smallest absolute Gasteiger partial charge is 0.280 e. The Labute approximate surface area is 122 Å². The number of fused-ring (bicyclic) bond motifs is 1. The number of carbonyl (C=O) groups is 1. The lowest BCUT2D eigenvalue weighted by Crippen LogP contribution is -2.67. The van der Waals surface area contributed by atoms with Crippen LogP contribution in [0, 0.1) is 6.92 Å². The maximum atomic E-state index is 12.1. The van der Waals surface area contributed by atoms with E-state index in [1.165, 1.54) is 11.3 Å². The van der Waals surface area contributed by atoms with E-state index in [2.05, 4.69) is 15.2 Å². The van der Waals surface area contributed by atoms with Crippen LogP contribution in [-0.2, 0) is 9.47 Å². The summed E-state index contributed by atoms with van der Waals surface area (Å²) in [6.07, 6.45) is 0. The summed E-state index contributed by atoms with van der Waals surface area (Å²) in [5.41, 5.74) is 0.653. The predicted molar refractivity (Wildman–Crippen MR) is 75.1 cm³/mol. The average Bonchev–Trinajstić information content (AvgIpc) is 2.91. The molecular formula is C13H19N3O3S. The van der Waals surface area contributed by atoms with Gasteiger partial charge in [-0.1, -0.05) is 0 Å². The van der Waals surface area contributed by atoms with Gasteiger partial charge in [-0.2, -0.15) is 0 Å². The van der Waals surface area contributed by atoms with Gasteiger partial charge in [0.25, 0.3) is 5.91 Å². The number of nitrogens with zero attached hydrogens (tertiary/aromatic N) is 2. The number of thiazole rings is 1. The number of morpholine rings is 2. The van der Waals surface area contributed by atoms with Crippen LogP contribution in [0.25, 0.3) is 0 Å². The molecule has 0 unspecified atom stereocenters. The Morgan fingerprint density at radius 2 is 2.15 bits per heavy atom. The van der Waals surface area contributed by atoms with Gasteiger partial charge >= 0.3 is 0 Å². The monoisotopic (exact) mass is 297 g/mol. The number of aromatic nitrogens is 1. The van der Waals surface area contributed by atoms with Crippen LogP contribution >= 0.6 is 11.3 Å². The number of hydrogen-bond acceptors (Lipinski definition) is 6. The van der Waals surface area contributed by atoms with Crippen molar-refractivity contribution in [3.05, 3.63) is 16.1 Å². The van der Waals surface area contributed by atoms with E-state index in [9.17, 15) is 4.79 Å². The van der Waals surface area contributed by atoms with Crippen LogP contribution in [0.5, 0.6) is 0 Å². The minimum Gasteiger partial charge on any atom is -0.378 e. The first-order valence-electron chi connectivity index (χ1n) is 6.80. The highest BCUT2D eigenvalue weighted by Gasteiger charge is 2.42. The molecule has 1 aromatic heterocycles. The number of ether oxygens (including phenoxy) is 2. The van der Waals surface area contributed by atoms with Crippen LogP contribution in [0.1, 0.15) is 15.5 Å². The lowest BCUT2D eigenvalue weighted by Gasteiger charge is -2.49. The molecule has 0 aliphatic carbocycles. The second-order valence-corrected chi connectivity index (χ2v) is 6.15. The number of nitrogens with one attached hydrogen (secondary N) is 1. The number of hydrogen-bond donors (Lipinski definition) is 1. The van der Waals surface area contributed by atoms with Gasteiger partial charge in [0.05, 0.1) is 32.0 Å². The van der Waals surface area contributed by atoms with Crippen molar-refractivity contribution in [2.45, 2.75) is 12.5 Å². The second-order valence-electron chi connectivity index (χ2n) is 5.29. The van der Waals surface area contributed by atoms with Crippen molar-refractivity contribution in [1.82, 2.24) is 15.2 Å². The summed E-state index contributed by atoms with van der Waals surface area (Å²) in [4.78, 5) is 18.7. The number of amides is 1. The summed E-state index contributed by atoms with van der Waals surface area (Å²) in [6, 6.07) is 0. The van der Waals surface area contributed by atoms with E-state index in [-0.39, 0.29) is 11.4 Å². The molecule has 110 valence electrons. The van der Waals surface area contributed by atoms with Gasteiger partial charge in [-0.15, -0.1) is 11.3 Å². The highest BCUT2D eigenvalue weighted by molar-refractivity contribution is 7.11. The molecule has 2 aliphatic rings. The Hall–Kier alpha value is -1.02. The molecule has 20 heavy (non-hydrogen) atoms. The van der Waals surface area contributed by atoms with Crippen LogP contribution in [0.4, 0.5) is 0 Å². The van der Waals surface area contributed by atoms with E-state index < -0.39 is 0 Å². The molecule has 7 heteroatoms. The third kappa shape index (κ3) is 2.71. The summed E-state index contributed by atoms with van der Waals surface area (Å²) >= 11 is 1.37. The van der Waals surface area contributed by atoms with Crippen molar-refractivity contribution in [3.63, 3.8) is 0 Å². The molecule has 2 fully saturated rings. The molecule has 0 radical (unpaired) electrons. The second kappa shape index (κ2) is 5.77. The highest BCUT2D eigenvalue weighted by Crippen LogP contribution is 2.23. The van der Waals surface area contributed by atoms with Crippen molar-refractivity contribution in [2.75, 3.05) is 46.1 Å². The van der Waals surface area contributed by atoms with Crippen molar-refractivity contribution < 1.29 is 14.3 Å². The third-order valence-corrected chi connectivity index (χ3v) is 4.77. The zero-order chi connectivity index (χ0) is 14.0. The lowest BCUT2D eigenvalue weighted by atomic mass is 9.96. The van der Waals surface area contributed by atoms with E-state index >= 15 is 0 Å². The van der Waals surface area contributed by atoms with Gasteiger partial charge in [0.1, 0.15) is 0 Å². The zero-order valence-corrected chi connectivity index (χ0v) is 12.4. The SMILES string of the molecule is Cc1csc(C(=O)NCC23COCCN2CCOC3)n1. The molecule has 6 nitrogen and oxygen atoms in total. The molecule has 2 saturated heterocycles. The van der Waals surface area contributed by atoms with Gasteiger partial charge in [0, 0.05) is 30.7 Å². The van der Waals surface area contributed by atoms with Gasteiger partial charge in [0.15, 0.2) is 5.01 Å². The standard InChI is InChI=1S/C13H19N3O3S/c1-10-6-20-12(15-10)11(17)14-7-13-8-18-4-2-16(13)3-5-19-9-13/h6H,2-5,7-9H2,1H3,(H,14,17). The van der Waals surface area contributed by atoms with Crippen molar-refractivity contribution in [1.29, 1.82) is 0 Å². The predicted octanol–water partition coefficient (Wildman–Crippen LogP) is 0.283. The molecule has 3 rings (SSSR count). The first kappa shape index (κ1) is 13.9. The molecule has 0 spiro atoms. The topological polar surface area (TPSA) is 63.7 Å². The Balaban J connectivity index is 1.65. The number of aryl methyl sites for hydroxylation is 1. The van der Waals surface area contributed by atoms with Crippen molar-refractivity contribution in [2.24, 2.45) is 0 Å². The van der Waals surface area contributed by atoms with Gasteiger partial charge in [-0.25, -0.2) is 4.98 Å². The molecule has 3 heterocycles. The Bertz CT molecular complexity index is 479. The molecular weight excluding hydrogens is 278 g/mol. The summed E-state index contributed by atoms with van der Waals surface area (Å²) in [5, 5.41) is 5.37. The van der Waals surface area contributed by atoms with Crippen molar-refractivity contribution in [3.8, 4) is 0 Å². The zero-order valence-electron chi connectivity index (χ0n) is 11.6. The summed E-state index contributed by atoms with van der Waals surface area (Å²) in [5.74, 6) is -0.117. The summed E-state index contributed by atoms with van der Waals surface area (Å²) in [6.45, 7) is 6.92. The number of rotatable bonds is 3. The largest absolute Gasteiger partial charge is 0.378 e. The van der Waals surface area contributed by atoms with Crippen LogP contribution in [0.2, 0.25) is 0 Å². The molecule has 0 bridgehead atoms. The van der Waals surface area contributed by atoms with E-state index in [0.717, 1.165) is 32.0 Å². The quantitative estimate of drug-likeness (QED) is 0.868. The van der Waals surface area contributed by atoms with Crippen LogP contribution in [-0.4, -0.2) is 67.4 Å². The van der Waals surface area contributed by atoms with Crippen molar-refractivity contribution >= 4 is 17.2 Å². The fourth-order valence-corrected chi connectivity index (χ4v) is 3.39. The normalized spacial score (nSPS) is 22.2. The van der Waals surface area contributed by atoms with Crippen LogP contribution in [0.3, 0.4) is 0 Å². The van der Waals surface area contributed by atoms with Crippen LogP contribution < -0.4 is 5.32 Å². The Morgan fingerprint density at radius 1 is 1.45 bits per heavy atom. The first-order chi connectivity index (χ1) is 9.70. The highest BCUT2D eigenvalue weighted by atomic mass is 32.1. The molecule has 0 saturated carbocycles. The minimum absolute atomic E-state index is 0.117. The number of carbonyl (C=O) groups excluding carboxylic acids is 1. The molecule has 1 amide bonds. The minimum atomic E-state index is -0.224. The average molecular weight is 297 g/mol. The molecule has 1 aromatic rings. The van der Waals surface area contributed by atoms with Gasteiger partial charge < -0.3 is 14.8 Å². The lowest BCUT2D eigenvalue weighted by molar-refractivity contribution is -0.139. The van der Waals surface area contributed by atoms with E-state index in [1.807, 2.05) is 12.3 Å². The van der Waals surface area contributed by atoms with Gasteiger partial charge in [-0.05, 0) is 6.92 Å². The maximum absolute atomic E-state index is 12.1. The Kier molecular flexibility index (Phi) is 4.02. The fraction of sp³-hybridized carbons (Fsp3) is 0.692. The maximum Gasteiger partial charge on any atom is 0.280 e. The molecule has 2 aliphatic heterocycles. The van der Waals surface area contributed by atoms with Crippen LogP contribution in [0.15, 0.2) is 5.38 Å². The fourth-order valence-electron chi connectivity index (χ4n) is 2.68. The Morgan fingerprint density at radius 3 is 2.75 bits per heavy atom. The summed E-state index contributed by atoms with van der Waals surface area (Å²) < 4.78 is 11.2. The third-order valence-electron chi connectivity index (χ3n) is 3.81.